The van der Waals surface area contributed by atoms with Crippen molar-refractivity contribution in [3.63, 3.8) is 0 Å². The quantitative estimate of drug-likeness (QED) is 0.807. The van der Waals surface area contributed by atoms with E-state index in [1.54, 1.807) is 0 Å². The first kappa shape index (κ1) is 15.5. The minimum absolute atomic E-state index is 0.189. The molecule has 0 radical (unpaired) electrons. The number of piperidine rings is 1. The summed E-state index contributed by atoms with van der Waals surface area (Å²) < 4.78 is 13.0. The molecule has 0 bridgehead atoms. The molecule has 1 fully saturated rings. The lowest BCUT2D eigenvalue weighted by Crippen LogP contribution is -2.41. The summed E-state index contributed by atoms with van der Waals surface area (Å²) in [6.07, 6.45) is 4.83. The zero-order valence-corrected chi connectivity index (χ0v) is 12.4. The Labute approximate surface area is 121 Å². The molecule has 1 aromatic rings. The number of unbranched alkanes of at least 4 members (excludes halogenated alkanes) is 2. The van der Waals surface area contributed by atoms with E-state index in [-0.39, 0.29) is 18.3 Å². The lowest BCUT2D eigenvalue weighted by molar-refractivity contribution is 0.101. The van der Waals surface area contributed by atoms with Crippen LogP contribution in [0.4, 0.5) is 4.39 Å². The molecule has 0 amide bonds. The van der Waals surface area contributed by atoms with Gasteiger partial charge in [0, 0.05) is 19.1 Å². The Hall–Kier alpha value is -0.930. The molecule has 2 nitrogen and oxygen atoms in total. The van der Waals surface area contributed by atoms with Gasteiger partial charge in [-0.1, -0.05) is 31.9 Å². The third-order valence-corrected chi connectivity index (χ3v) is 4.43. The standard InChI is InChI=1S/C17H26FNO/c1-2-3-4-10-19-11-9-17(15(12-19)13-20)14-5-7-16(18)8-6-14/h5-8,15,17,20H,2-4,9-13H2,1H3/t15-,17-/m1/s1. The van der Waals surface area contributed by atoms with Crippen LogP contribution in [0.15, 0.2) is 24.3 Å². The molecule has 1 saturated heterocycles. The van der Waals surface area contributed by atoms with Crippen molar-refractivity contribution in [1.29, 1.82) is 0 Å². The Kier molecular flexibility index (Phi) is 5.99. The van der Waals surface area contributed by atoms with E-state index in [0.717, 1.165) is 26.1 Å². The van der Waals surface area contributed by atoms with E-state index in [0.29, 0.717) is 5.92 Å². The molecule has 1 aromatic carbocycles. The second-order valence-corrected chi connectivity index (χ2v) is 5.90. The Balaban J connectivity index is 1.94. The lowest BCUT2D eigenvalue weighted by Gasteiger charge is -2.38. The van der Waals surface area contributed by atoms with E-state index in [4.69, 9.17) is 0 Å². The van der Waals surface area contributed by atoms with E-state index in [1.165, 1.54) is 37.0 Å². The summed E-state index contributed by atoms with van der Waals surface area (Å²) in [7, 11) is 0. The SMILES string of the molecule is CCCCCN1CC[C@H](c2ccc(F)cc2)[C@@H](CO)C1. The zero-order chi connectivity index (χ0) is 14.4. The molecule has 1 N–H and O–H groups in total. The van der Waals surface area contributed by atoms with Crippen molar-refractivity contribution in [2.24, 2.45) is 5.92 Å². The van der Waals surface area contributed by atoms with Crippen molar-refractivity contribution >= 4 is 0 Å². The van der Waals surface area contributed by atoms with Crippen molar-refractivity contribution in [3.8, 4) is 0 Å². The number of aliphatic hydroxyl groups is 1. The predicted octanol–water partition coefficient (Wildman–Crippen LogP) is 3.41. The first-order valence-corrected chi connectivity index (χ1v) is 7.83. The summed E-state index contributed by atoms with van der Waals surface area (Å²) in [5, 5.41) is 9.67. The maximum Gasteiger partial charge on any atom is 0.123 e. The second-order valence-electron chi connectivity index (χ2n) is 5.90. The highest BCUT2D eigenvalue weighted by atomic mass is 19.1. The highest BCUT2D eigenvalue weighted by molar-refractivity contribution is 5.22. The van der Waals surface area contributed by atoms with Crippen LogP contribution in [-0.4, -0.2) is 36.2 Å². The highest BCUT2D eigenvalue weighted by Gasteiger charge is 2.29. The zero-order valence-electron chi connectivity index (χ0n) is 12.4. The molecule has 0 aliphatic carbocycles. The monoisotopic (exact) mass is 279 g/mol. The van der Waals surface area contributed by atoms with Crippen molar-refractivity contribution in [2.45, 2.75) is 38.5 Å². The first-order chi connectivity index (χ1) is 9.74. The molecular formula is C17H26FNO. The van der Waals surface area contributed by atoms with E-state index >= 15 is 0 Å². The van der Waals surface area contributed by atoms with Gasteiger partial charge in [0.05, 0.1) is 0 Å². The maximum absolute atomic E-state index is 13.0. The van der Waals surface area contributed by atoms with Gasteiger partial charge in [-0.2, -0.15) is 0 Å². The van der Waals surface area contributed by atoms with Crippen LogP contribution in [0.3, 0.4) is 0 Å². The van der Waals surface area contributed by atoms with Crippen LogP contribution in [0.2, 0.25) is 0 Å². The van der Waals surface area contributed by atoms with Crippen molar-refractivity contribution in [2.75, 3.05) is 26.2 Å². The Morgan fingerprint density at radius 3 is 2.65 bits per heavy atom. The van der Waals surface area contributed by atoms with Gasteiger partial charge >= 0.3 is 0 Å². The summed E-state index contributed by atoms with van der Waals surface area (Å²) in [5.74, 6) is 0.449. The summed E-state index contributed by atoms with van der Waals surface area (Å²) >= 11 is 0. The third kappa shape index (κ3) is 4.03. The van der Waals surface area contributed by atoms with Crippen LogP contribution in [0.1, 0.15) is 44.1 Å². The average molecular weight is 279 g/mol. The summed E-state index contributed by atoms with van der Waals surface area (Å²) in [4.78, 5) is 2.47. The number of likely N-dealkylation sites (tertiary alicyclic amines) is 1. The number of aliphatic hydroxyl groups excluding tert-OH is 1. The van der Waals surface area contributed by atoms with Gasteiger partial charge in [-0.15, -0.1) is 0 Å². The van der Waals surface area contributed by atoms with Gasteiger partial charge in [0.1, 0.15) is 5.82 Å². The van der Waals surface area contributed by atoms with Gasteiger partial charge < -0.3 is 10.0 Å². The van der Waals surface area contributed by atoms with E-state index in [9.17, 15) is 9.50 Å². The first-order valence-electron chi connectivity index (χ1n) is 7.83. The topological polar surface area (TPSA) is 23.5 Å². The van der Waals surface area contributed by atoms with Crippen molar-refractivity contribution < 1.29 is 9.50 Å². The minimum Gasteiger partial charge on any atom is -0.396 e. The molecule has 3 heteroatoms. The van der Waals surface area contributed by atoms with Gasteiger partial charge in [0.2, 0.25) is 0 Å². The Bertz CT molecular complexity index is 392. The fourth-order valence-corrected chi connectivity index (χ4v) is 3.23. The van der Waals surface area contributed by atoms with E-state index < -0.39 is 0 Å². The average Bonchev–Trinajstić information content (AvgIpc) is 2.48. The van der Waals surface area contributed by atoms with Crippen LogP contribution in [0.5, 0.6) is 0 Å². The summed E-state index contributed by atoms with van der Waals surface area (Å²) in [5.41, 5.74) is 1.17. The smallest absolute Gasteiger partial charge is 0.123 e. The van der Waals surface area contributed by atoms with E-state index in [1.807, 2.05) is 12.1 Å². The van der Waals surface area contributed by atoms with Crippen LogP contribution < -0.4 is 0 Å². The van der Waals surface area contributed by atoms with Crippen molar-refractivity contribution in [1.82, 2.24) is 4.90 Å². The molecule has 2 atom stereocenters. The number of halogens is 1. The number of hydrogen-bond acceptors (Lipinski definition) is 2. The molecule has 20 heavy (non-hydrogen) atoms. The number of hydrogen-bond donors (Lipinski definition) is 1. The van der Waals surface area contributed by atoms with Crippen LogP contribution >= 0.6 is 0 Å². The molecule has 0 aromatic heterocycles. The van der Waals surface area contributed by atoms with Gasteiger partial charge in [0.15, 0.2) is 0 Å². The van der Waals surface area contributed by atoms with Gasteiger partial charge in [0.25, 0.3) is 0 Å². The molecule has 2 rings (SSSR count). The summed E-state index contributed by atoms with van der Waals surface area (Å²) in [6.45, 7) is 5.62. The second kappa shape index (κ2) is 7.75. The Morgan fingerprint density at radius 2 is 2.00 bits per heavy atom. The molecule has 112 valence electrons. The third-order valence-electron chi connectivity index (χ3n) is 4.43. The molecule has 0 spiro atoms. The molecule has 0 saturated carbocycles. The highest BCUT2D eigenvalue weighted by Crippen LogP contribution is 2.33. The van der Waals surface area contributed by atoms with Gasteiger partial charge in [-0.05, 0) is 49.5 Å². The van der Waals surface area contributed by atoms with Crippen LogP contribution in [-0.2, 0) is 0 Å². The largest absolute Gasteiger partial charge is 0.396 e. The molecule has 1 aliphatic heterocycles. The number of rotatable bonds is 6. The predicted molar refractivity (Wildman–Crippen MR) is 80.3 cm³/mol. The van der Waals surface area contributed by atoms with Crippen molar-refractivity contribution in [3.05, 3.63) is 35.6 Å². The van der Waals surface area contributed by atoms with Crippen LogP contribution in [0.25, 0.3) is 0 Å². The van der Waals surface area contributed by atoms with Crippen LogP contribution in [0, 0.1) is 11.7 Å². The number of benzene rings is 1. The molecule has 1 aliphatic rings. The fourth-order valence-electron chi connectivity index (χ4n) is 3.23. The molecular weight excluding hydrogens is 253 g/mol. The maximum atomic E-state index is 13.0. The van der Waals surface area contributed by atoms with Gasteiger partial charge in [-0.3, -0.25) is 0 Å². The normalized spacial score (nSPS) is 23.9. The molecule has 0 unspecified atom stereocenters. The molecule has 1 heterocycles. The van der Waals surface area contributed by atoms with E-state index in [2.05, 4.69) is 11.8 Å². The lowest BCUT2D eigenvalue weighted by atomic mass is 9.81. The minimum atomic E-state index is -0.189. The summed E-state index contributed by atoms with van der Waals surface area (Å²) in [6, 6.07) is 6.79. The number of nitrogens with zero attached hydrogens (tertiary/aromatic N) is 1. The van der Waals surface area contributed by atoms with Gasteiger partial charge in [-0.25, -0.2) is 4.39 Å². The Morgan fingerprint density at radius 1 is 1.25 bits per heavy atom. The fraction of sp³-hybridized carbons (Fsp3) is 0.647.